The molecule has 166 valence electrons. The van der Waals surface area contributed by atoms with Crippen molar-refractivity contribution in [1.82, 2.24) is 9.88 Å². The number of pyridine rings is 1. The average molecular weight is 451 g/mol. The highest BCUT2D eigenvalue weighted by Crippen LogP contribution is 2.37. The van der Waals surface area contributed by atoms with Crippen LogP contribution in [0.4, 0.5) is 0 Å². The minimum Gasteiger partial charge on any atom is -0.487 e. The molecule has 1 N–H and O–H groups in total. The van der Waals surface area contributed by atoms with Crippen LogP contribution in [0.25, 0.3) is 0 Å². The Hall–Kier alpha value is -2.89. The van der Waals surface area contributed by atoms with Crippen molar-refractivity contribution >= 4 is 17.5 Å². The Morgan fingerprint density at radius 3 is 2.66 bits per heavy atom. The number of rotatable bonds is 8. The van der Waals surface area contributed by atoms with E-state index >= 15 is 0 Å². The second-order valence-electron chi connectivity index (χ2n) is 8.55. The normalized spacial score (nSPS) is 17.0. The highest BCUT2D eigenvalue weighted by Gasteiger charge is 2.35. The number of aromatic nitrogens is 1. The van der Waals surface area contributed by atoms with Gasteiger partial charge in [-0.05, 0) is 53.4 Å². The summed E-state index contributed by atoms with van der Waals surface area (Å²) in [6.45, 7) is 2.76. The van der Waals surface area contributed by atoms with Crippen LogP contribution in [-0.2, 0) is 30.6 Å². The summed E-state index contributed by atoms with van der Waals surface area (Å²) >= 11 is 6.00. The van der Waals surface area contributed by atoms with E-state index in [4.69, 9.17) is 16.3 Å². The molecule has 0 fully saturated rings. The van der Waals surface area contributed by atoms with Crippen LogP contribution in [0.1, 0.15) is 29.2 Å². The molecular weight excluding hydrogens is 424 g/mol. The second kappa shape index (κ2) is 9.72. The topological polar surface area (TPSA) is 62.7 Å². The van der Waals surface area contributed by atoms with Gasteiger partial charge in [0.25, 0.3) is 0 Å². The molecule has 0 bridgehead atoms. The summed E-state index contributed by atoms with van der Waals surface area (Å²) < 4.78 is 6.29. The molecule has 1 atom stereocenters. The first kappa shape index (κ1) is 22.3. The Labute approximate surface area is 193 Å². The van der Waals surface area contributed by atoms with Gasteiger partial charge in [-0.1, -0.05) is 41.9 Å². The molecule has 5 nitrogen and oxygen atoms in total. The summed E-state index contributed by atoms with van der Waals surface area (Å²) in [5.74, 6) is 0.853. The average Bonchev–Trinajstić information content (AvgIpc) is 3.11. The predicted octanol–water partition coefficient (Wildman–Crippen LogP) is 4.23. The van der Waals surface area contributed by atoms with Crippen LogP contribution < -0.4 is 4.74 Å². The van der Waals surface area contributed by atoms with Crippen molar-refractivity contribution < 1.29 is 14.6 Å². The minimum absolute atomic E-state index is 0.0225. The lowest BCUT2D eigenvalue weighted by atomic mass is 9.91. The number of hydrogen-bond donors (Lipinski definition) is 1. The Kier molecular flexibility index (Phi) is 6.77. The number of fused-ring (bicyclic) bond motifs is 1. The van der Waals surface area contributed by atoms with E-state index in [2.05, 4.69) is 18.0 Å². The first-order chi connectivity index (χ1) is 15.4. The third-order valence-corrected chi connectivity index (χ3v) is 5.96. The van der Waals surface area contributed by atoms with E-state index in [1.54, 1.807) is 17.3 Å². The van der Waals surface area contributed by atoms with Gasteiger partial charge in [0.05, 0.1) is 13.0 Å². The zero-order valence-electron chi connectivity index (χ0n) is 18.1. The number of hydrogen-bond acceptors (Lipinski definition) is 4. The van der Waals surface area contributed by atoms with Crippen LogP contribution in [0.3, 0.4) is 0 Å². The van der Waals surface area contributed by atoms with E-state index in [0.29, 0.717) is 13.1 Å². The second-order valence-corrected chi connectivity index (χ2v) is 8.99. The van der Waals surface area contributed by atoms with E-state index in [1.165, 1.54) is 5.56 Å². The van der Waals surface area contributed by atoms with Gasteiger partial charge in [-0.2, -0.15) is 0 Å². The standard InChI is InChI=1S/C26H27ClN2O3/c1-26(15-19-4-7-23(27)8-5-19)16-22-13-20(6-9-24(22)32-26)14-25(31)29(11-12-30)18-21-3-2-10-28-17-21/h2-10,13,17,30H,11-12,14-16,18H2,1H3. The first-order valence-electron chi connectivity index (χ1n) is 10.8. The summed E-state index contributed by atoms with van der Waals surface area (Å²) in [5.41, 5.74) is 3.85. The lowest BCUT2D eigenvalue weighted by Gasteiger charge is -2.24. The number of aliphatic hydroxyl groups excluding tert-OH is 1. The van der Waals surface area contributed by atoms with Gasteiger partial charge in [-0.25, -0.2) is 0 Å². The number of aliphatic hydroxyl groups is 1. The van der Waals surface area contributed by atoms with E-state index in [-0.39, 0.29) is 24.5 Å². The van der Waals surface area contributed by atoms with Crippen molar-refractivity contribution in [2.45, 2.75) is 38.3 Å². The number of ether oxygens (including phenoxy) is 1. The van der Waals surface area contributed by atoms with Crippen molar-refractivity contribution in [1.29, 1.82) is 0 Å². The van der Waals surface area contributed by atoms with Crippen LogP contribution in [-0.4, -0.2) is 39.7 Å². The van der Waals surface area contributed by atoms with Crippen molar-refractivity contribution in [3.8, 4) is 5.75 Å². The lowest BCUT2D eigenvalue weighted by Crippen LogP contribution is -2.34. The van der Waals surface area contributed by atoms with E-state index in [1.807, 2.05) is 48.5 Å². The van der Waals surface area contributed by atoms with Crippen LogP contribution in [0.15, 0.2) is 67.0 Å². The Morgan fingerprint density at radius 1 is 1.16 bits per heavy atom. The van der Waals surface area contributed by atoms with Crippen molar-refractivity contribution in [3.05, 3.63) is 94.3 Å². The number of carbonyl (C=O) groups excluding carboxylic acids is 1. The molecular formula is C26H27ClN2O3. The zero-order chi connectivity index (χ0) is 22.6. The Bertz CT molecular complexity index is 1070. The molecule has 3 aromatic rings. The quantitative estimate of drug-likeness (QED) is 0.557. The van der Waals surface area contributed by atoms with Gasteiger partial charge in [0, 0.05) is 43.3 Å². The molecule has 2 heterocycles. The molecule has 0 radical (unpaired) electrons. The molecule has 1 aliphatic rings. The van der Waals surface area contributed by atoms with Gasteiger partial charge >= 0.3 is 0 Å². The predicted molar refractivity (Wildman–Crippen MR) is 125 cm³/mol. The summed E-state index contributed by atoms with van der Waals surface area (Å²) in [5, 5.41) is 10.1. The van der Waals surface area contributed by atoms with Gasteiger partial charge in [0.15, 0.2) is 0 Å². The van der Waals surface area contributed by atoms with Crippen molar-refractivity contribution in [3.63, 3.8) is 0 Å². The monoisotopic (exact) mass is 450 g/mol. The molecule has 1 amide bonds. The maximum atomic E-state index is 13.0. The fourth-order valence-electron chi connectivity index (χ4n) is 4.23. The fourth-order valence-corrected chi connectivity index (χ4v) is 4.35. The molecule has 1 unspecified atom stereocenters. The molecule has 1 aromatic heterocycles. The minimum atomic E-state index is -0.331. The molecule has 2 aromatic carbocycles. The third-order valence-electron chi connectivity index (χ3n) is 5.71. The largest absolute Gasteiger partial charge is 0.487 e. The van der Waals surface area contributed by atoms with Crippen LogP contribution in [0.5, 0.6) is 5.75 Å². The molecule has 0 aliphatic carbocycles. The van der Waals surface area contributed by atoms with E-state index in [9.17, 15) is 9.90 Å². The van der Waals surface area contributed by atoms with E-state index < -0.39 is 0 Å². The third kappa shape index (κ3) is 5.47. The molecule has 4 rings (SSSR count). The number of amides is 1. The molecule has 0 saturated carbocycles. The molecule has 6 heteroatoms. The lowest BCUT2D eigenvalue weighted by molar-refractivity contribution is -0.131. The number of carbonyl (C=O) groups is 1. The summed E-state index contributed by atoms with van der Waals surface area (Å²) in [6, 6.07) is 17.6. The SMILES string of the molecule is CC1(Cc2ccc(Cl)cc2)Cc2cc(CC(=O)N(CCO)Cc3cccnc3)ccc2O1. The number of nitrogens with zero attached hydrogens (tertiary/aromatic N) is 2. The first-order valence-corrected chi connectivity index (χ1v) is 11.1. The highest BCUT2D eigenvalue weighted by atomic mass is 35.5. The Balaban J connectivity index is 1.43. The molecule has 0 spiro atoms. The van der Waals surface area contributed by atoms with Crippen LogP contribution in [0, 0.1) is 0 Å². The maximum Gasteiger partial charge on any atom is 0.227 e. The van der Waals surface area contributed by atoms with Gasteiger partial charge in [-0.15, -0.1) is 0 Å². The Morgan fingerprint density at radius 2 is 1.94 bits per heavy atom. The maximum absolute atomic E-state index is 13.0. The highest BCUT2D eigenvalue weighted by molar-refractivity contribution is 6.30. The van der Waals surface area contributed by atoms with Crippen molar-refractivity contribution in [2.75, 3.05) is 13.2 Å². The molecule has 0 saturated heterocycles. The number of halogens is 1. The van der Waals surface area contributed by atoms with Gasteiger partial charge in [-0.3, -0.25) is 9.78 Å². The van der Waals surface area contributed by atoms with Gasteiger partial charge in [0.2, 0.25) is 5.91 Å². The summed E-state index contributed by atoms with van der Waals surface area (Å²) in [7, 11) is 0. The van der Waals surface area contributed by atoms with Crippen LogP contribution >= 0.6 is 11.6 Å². The van der Waals surface area contributed by atoms with E-state index in [0.717, 1.165) is 40.3 Å². The number of benzene rings is 2. The van der Waals surface area contributed by atoms with Crippen molar-refractivity contribution in [2.24, 2.45) is 0 Å². The fraction of sp³-hybridized carbons (Fsp3) is 0.308. The van der Waals surface area contributed by atoms with Gasteiger partial charge < -0.3 is 14.7 Å². The molecule has 32 heavy (non-hydrogen) atoms. The smallest absolute Gasteiger partial charge is 0.227 e. The van der Waals surface area contributed by atoms with Crippen LogP contribution in [0.2, 0.25) is 5.02 Å². The summed E-state index contributed by atoms with van der Waals surface area (Å²) in [6.07, 6.45) is 5.29. The zero-order valence-corrected chi connectivity index (χ0v) is 18.9. The molecule has 1 aliphatic heterocycles. The summed E-state index contributed by atoms with van der Waals surface area (Å²) in [4.78, 5) is 18.7. The van der Waals surface area contributed by atoms with Gasteiger partial charge in [0.1, 0.15) is 11.4 Å².